The van der Waals surface area contributed by atoms with Gasteiger partial charge in [-0.15, -0.1) is 0 Å². The lowest BCUT2D eigenvalue weighted by Crippen LogP contribution is -2.60. The van der Waals surface area contributed by atoms with Crippen LogP contribution in [0.1, 0.15) is 26.2 Å². The van der Waals surface area contributed by atoms with Gasteiger partial charge in [-0.05, 0) is 6.42 Å². The molecule has 1 amide bonds. The number of carboxylic acid groups (broad SMARTS) is 1. The van der Waals surface area contributed by atoms with Crippen LogP contribution in [0.2, 0.25) is 0 Å². The van der Waals surface area contributed by atoms with E-state index in [2.05, 4.69) is 10.0 Å². The highest BCUT2D eigenvalue weighted by atomic mass is 19.3. The van der Waals surface area contributed by atoms with Crippen molar-refractivity contribution < 1.29 is 23.1 Å². The second kappa shape index (κ2) is 4.93. The first-order chi connectivity index (χ1) is 8.33. The minimum absolute atomic E-state index is 0.241. The molecule has 0 spiro atoms. The predicted octanol–water partition coefficient (Wildman–Crippen LogP) is 2.39. The van der Waals surface area contributed by atoms with Crippen LogP contribution in [-0.2, 0) is 0 Å². The monoisotopic (exact) mass is 267 g/mol. The molecule has 2 N–H and O–H groups in total. The van der Waals surface area contributed by atoms with E-state index in [9.17, 15) is 18.0 Å². The van der Waals surface area contributed by atoms with Gasteiger partial charge in [0.2, 0.25) is 4.91 Å². The fraction of sp³-hybridized carbons (Fsp3) is 0.889. The van der Waals surface area contributed by atoms with Crippen LogP contribution in [0.15, 0.2) is 5.11 Å². The third kappa shape index (κ3) is 1.94. The zero-order chi connectivity index (χ0) is 14.0. The van der Waals surface area contributed by atoms with Crippen molar-refractivity contribution in [2.75, 3.05) is 6.54 Å². The maximum absolute atomic E-state index is 14.0. The maximum Gasteiger partial charge on any atom is 0.409 e. The summed E-state index contributed by atoms with van der Waals surface area (Å²) in [4.78, 5) is 13.7. The molecule has 1 rings (SSSR count). The van der Waals surface area contributed by atoms with Gasteiger partial charge in [-0.2, -0.15) is 0 Å². The lowest BCUT2D eigenvalue weighted by atomic mass is 9.94. The molecule has 2 atom stereocenters. The molecule has 6 nitrogen and oxygen atoms in total. The van der Waals surface area contributed by atoms with E-state index in [4.69, 9.17) is 10.6 Å². The van der Waals surface area contributed by atoms with Crippen LogP contribution in [0, 0.1) is 5.53 Å². The molecule has 1 aliphatic heterocycles. The summed E-state index contributed by atoms with van der Waals surface area (Å²) in [5, 5.41) is 11.8. The molecule has 0 aromatic heterocycles. The van der Waals surface area contributed by atoms with Crippen LogP contribution in [0.5, 0.6) is 0 Å². The summed E-state index contributed by atoms with van der Waals surface area (Å²) in [5.41, 5.74) is 3.66. The predicted molar refractivity (Wildman–Crippen MR) is 54.1 cm³/mol. The number of hydrogen-bond donors (Lipinski definition) is 2. The van der Waals surface area contributed by atoms with Crippen LogP contribution in [-0.4, -0.2) is 40.4 Å². The average molecular weight is 267 g/mol. The molecular weight excluding hydrogens is 253 g/mol. The number of rotatable bonds is 4. The Morgan fingerprint density at radius 3 is 2.72 bits per heavy atom. The van der Waals surface area contributed by atoms with Crippen LogP contribution < -0.4 is 4.91 Å². The summed E-state index contributed by atoms with van der Waals surface area (Å²) in [7, 11) is 0. The first-order valence-electron chi connectivity index (χ1n) is 5.44. The van der Waals surface area contributed by atoms with Crippen molar-refractivity contribution in [2.45, 2.75) is 43.9 Å². The molecule has 1 heterocycles. The Balaban J connectivity index is 3.33. The van der Waals surface area contributed by atoms with Crippen LogP contribution in [0.25, 0.3) is 0 Å². The lowest BCUT2D eigenvalue weighted by Gasteiger charge is -2.33. The van der Waals surface area contributed by atoms with Crippen molar-refractivity contribution in [2.24, 2.45) is 5.11 Å². The zero-order valence-electron chi connectivity index (χ0n) is 9.74. The van der Waals surface area contributed by atoms with Gasteiger partial charge in [-0.1, -0.05) is 13.3 Å². The molecular formula is C9H14F3N4O2+. The van der Waals surface area contributed by atoms with E-state index in [1.165, 1.54) is 0 Å². The molecule has 0 aromatic rings. The van der Waals surface area contributed by atoms with E-state index in [1.807, 2.05) is 0 Å². The van der Waals surface area contributed by atoms with Gasteiger partial charge in [-0.3, -0.25) is 4.90 Å². The molecule has 1 fully saturated rings. The van der Waals surface area contributed by atoms with Gasteiger partial charge in [0.1, 0.15) is 5.53 Å². The third-order valence-corrected chi connectivity index (χ3v) is 3.01. The molecule has 2 unspecified atom stereocenters. The topological polar surface area (TPSA) is 90.9 Å². The van der Waals surface area contributed by atoms with E-state index in [0.29, 0.717) is 0 Å². The Bertz CT molecular complexity index is 386. The number of alkyl halides is 3. The third-order valence-electron chi connectivity index (χ3n) is 3.01. The fourth-order valence-corrected chi connectivity index (χ4v) is 2.16. The number of amides is 1. The number of hydrogen-bond acceptors (Lipinski definition) is 3. The van der Waals surface area contributed by atoms with E-state index >= 15 is 0 Å². The minimum Gasteiger partial charge on any atom is -0.465 e. The first-order valence-corrected chi connectivity index (χ1v) is 5.44. The Kier molecular flexibility index (Phi) is 3.95. The van der Waals surface area contributed by atoms with Crippen molar-refractivity contribution in [3.8, 4) is 0 Å². The van der Waals surface area contributed by atoms with Crippen molar-refractivity contribution in [3.05, 3.63) is 0 Å². The molecule has 0 aliphatic carbocycles. The number of likely N-dealkylation sites (tertiary alicyclic amines) is 1. The smallest absolute Gasteiger partial charge is 0.409 e. The molecule has 1 aliphatic rings. The Labute approximate surface area is 101 Å². The van der Waals surface area contributed by atoms with Gasteiger partial charge in [0, 0.05) is 13.0 Å². The molecule has 102 valence electrons. The highest BCUT2D eigenvalue weighted by molar-refractivity contribution is 5.67. The largest absolute Gasteiger partial charge is 0.465 e. The molecule has 0 bridgehead atoms. The highest BCUT2D eigenvalue weighted by Crippen LogP contribution is 2.48. The van der Waals surface area contributed by atoms with Gasteiger partial charge in [-0.25, -0.2) is 18.0 Å². The van der Waals surface area contributed by atoms with Crippen LogP contribution >= 0.6 is 0 Å². The normalized spacial score (nSPS) is 27.7. The summed E-state index contributed by atoms with van der Waals surface area (Å²) in [6, 6.07) is 0. The van der Waals surface area contributed by atoms with Gasteiger partial charge in [0.25, 0.3) is 0 Å². The van der Waals surface area contributed by atoms with Gasteiger partial charge in [0.15, 0.2) is 11.3 Å². The zero-order valence-corrected chi connectivity index (χ0v) is 9.74. The lowest BCUT2D eigenvalue weighted by molar-refractivity contribution is -0.124. The van der Waals surface area contributed by atoms with Crippen molar-refractivity contribution >= 4 is 6.09 Å². The van der Waals surface area contributed by atoms with Crippen molar-refractivity contribution in [1.82, 2.24) is 9.81 Å². The number of nitrogens with one attached hydrogen (secondary N) is 1. The quantitative estimate of drug-likeness (QED) is 0.604. The molecule has 18 heavy (non-hydrogen) atoms. The molecule has 0 aromatic carbocycles. The SMILES string of the molecule is CCCC(F)C1(N=[N+]=N)N(C(=O)O)CCC1(F)F. The van der Waals surface area contributed by atoms with Crippen LogP contribution in [0.3, 0.4) is 0 Å². The summed E-state index contributed by atoms with van der Waals surface area (Å²) >= 11 is 0. The van der Waals surface area contributed by atoms with Crippen molar-refractivity contribution in [1.29, 1.82) is 5.53 Å². The van der Waals surface area contributed by atoms with Crippen molar-refractivity contribution in [3.63, 3.8) is 0 Å². The van der Waals surface area contributed by atoms with E-state index in [0.717, 1.165) is 0 Å². The number of halogens is 3. The van der Waals surface area contributed by atoms with Crippen LogP contribution in [0.4, 0.5) is 18.0 Å². The Morgan fingerprint density at radius 1 is 1.67 bits per heavy atom. The standard InChI is InChI=1S/C9H13F3N4O2/c1-2-3-6(10)9(14-15-13)8(11,12)4-5-16(9)7(17)18/h6,13H,2-5H2,1H3/p+1. The van der Waals surface area contributed by atoms with E-state index < -0.39 is 36.8 Å². The van der Waals surface area contributed by atoms with Gasteiger partial charge in [0.05, 0.1) is 0 Å². The summed E-state index contributed by atoms with van der Waals surface area (Å²) in [6.45, 7) is 1.04. The molecule has 9 heteroatoms. The Morgan fingerprint density at radius 2 is 2.28 bits per heavy atom. The molecule has 0 radical (unpaired) electrons. The number of carbonyl (C=O) groups is 1. The maximum atomic E-state index is 14.0. The second-order valence-corrected chi connectivity index (χ2v) is 4.07. The highest BCUT2D eigenvalue weighted by Gasteiger charge is 2.72. The molecule has 1 saturated heterocycles. The Hall–Kier alpha value is -1.63. The molecule has 0 saturated carbocycles. The van der Waals surface area contributed by atoms with Gasteiger partial charge < -0.3 is 5.11 Å². The summed E-state index contributed by atoms with van der Waals surface area (Å²) < 4.78 is 41.7. The minimum atomic E-state index is -3.68. The van der Waals surface area contributed by atoms with E-state index in [-0.39, 0.29) is 17.7 Å². The fourth-order valence-electron chi connectivity index (χ4n) is 2.16. The average Bonchev–Trinajstić information content (AvgIpc) is 2.53. The second-order valence-electron chi connectivity index (χ2n) is 4.07. The summed E-state index contributed by atoms with van der Waals surface area (Å²) in [6.07, 6.45) is -4.76. The van der Waals surface area contributed by atoms with Gasteiger partial charge >= 0.3 is 17.7 Å². The first kappa shape index (κ1) is 14.4. The van der Waals surface area contributed by atoms with E-state index in [1.54, 1.807) is 6.92 Å². The summed E-state index contributed by atoms with van der Waals surface area (Å²) in [5.74, 6) is -3.68. The number of nitrogens with zero attached hydrogens (tertiary/aromatic N) is 3.